The van der Waals surface area contributed by atoms with Gasteiger partial charge in [0.25, 0.3) is 0 Å². The molecule has 0 aliphatic carbocycles. The smallest absolute Gasteiger partial charge is 0.318 e. The molecule has 0 atom stereocenters. The normalized spacial score (nSPS) is 12.5. The van der Waals surface area contributed by atoms with Gasteiger partial charge in [-0.25, -0.2) is 19.7 Å². The topological polar surface area (TPSA) is 77.3 Å². The molecule has 6 nitrogen and oxygen atoms in total. The van der Waals surface area contributed by atoms with E-state index in [1.807, 2.05) is 36.4 Å². The van der Waals surface area contributed by atoms with Crippen LogP contribution in [0.25, 0.3) is 22.5 Å². The second-order valence-corrected chi connectivity index (χ2v) is 11.2. The summed E-state index contributed by atoms with van der Waals surface area (Å²) in [6, 6.07) is 14.8. The molecule has 0 aliphatic heterocycles. The van der Waals surface area contributed by atoms with E-state index in [-0.39, 0.29) is 17.5 Å². The number of benzene rings is 2. The summed E-state index contributed by atoms with van der Waals surface area (Å²) in [5.74, 6) is -0.687. The average molecular weight is 567 g/mol. The first-order valence-corrected chi connectivity index (χ1v) is 11.5. The highest BCUT2D eigenvalue weighted by molar-refractivity contribution is 6.67. The second-order valence-electron chi connectivity index (χ2n) is 6.68. The van der Waals surface area contributed by atoms with E-state index in [9.17, 15) is 4.79 Å². The summed E-state index contributed by atoms with van der Waals surface area (Å²) in [7, 11) is 0. The van der Waals surface area contributed by atoms with Gasteiger partial charge >= 0.3 is 5.97 Å². The highest BCUT2D eigenvalue weighted by Crippen LogP contribution is 2.40. The van der Waals surface area contributed by atoms with E-state index in [4.69, 9.17) is 74.4 Å². The molecule has 1 heterocycles. The van der Waals surface area contributed by atoms with Gasteiger partial charge in [-0.15, -0.1) is 0 Å². The van der Waals surface area contributed by atoms with Gasteiger partial charge in [0.05, 0.1) is 5.71 Å². The van der Waals surface area contributed by atoms with Crippen molar-refractivity contribution < 1.29 is 9.63 Å². The minimum absolute atomic E-state index is 0.167. The zero-order valence-electron chi connectivity index (χ0n) is 17.0. The molecular formula is C21H14Cl6N4O2. The molecule has 0 radical (unpaired) electrons. The summed E-state index contributed by atoms with van der Waals surface area (Å²) < 4.78 is -3.89. The number of nitrogens with zero attached hydrogens (tertiary/aromatic N) is 4. The third-order valence-electron chi connectivity index (χ3n) is 4.22. The number of carbonyl (C=O) groups is 1. The van der Waals surface area contributed by atoms with Gasteiger partial charge in [0, 0.05) is 18.1 Å². The van der Waals surface area contributed by atoms with Gasteiger partial charge in [0.1, 0.15) is 0 Å². The van der Waals surface area contributed by atoms with E-state index in [1.165, 1.54) is 6.92 Å². The van der Waals surface area contributed by atoms with Crippen LogP contribution >= 0.6 is 69.6 Å². The predicted molar refractivity (Wildman–Crippen MR) is 133 cm³/mol. The maximum Gasteiger partial charge on any atom is 0.331 e. The molecule has 0 fully saturated rings. The Morgan fingerprint density at radius 3 is 1.82 bits per heavy atom. The van der Waals surface area contributed by atoms with Crippen molar-refractivity contribution in [3.05, 3.63) is 65.7 Å². The second kappa shape index (κ2) is 10.3. The molecule has 1 aromatic heterocycles. The largest absolute Gasteiger partial charge is 0.331 e. The van der Waals surface area contributed by atoms with Gasteiger partial charge in [0.15, 0.2) is 17.5 Å². The molecule has 0 aliphatic rings. The quantitative estimate of drug-likeness (QED) is 0.145. The number of hydrogen-bond donors (Lipinski definition) is 0. The molecule has 172 valence electrons. The summed E-state index contributed by atoms with van der Waals surface area (Å²) in [6.45, 7) is 3.03. The van der Waals surface area contributed by atoms with Crippen LogP contribution in [-0.2, 0) is 17.2 Å². The van der Waals surface area contributed by atoms with E-state index in [0.29, 0.717) is 11.3 Å². The lowest BCUT2D eigenvalue weighted by molar-refractivity contribution is -0.140. The van der Waals surface area contributed by atoms with Crippen LogP contribution in [0.3, 0.4) is 0 Å². The van der Waals surface area contributed by atoms with Crippen molar-refractivity contribution >= 4 is 81.3 Å². The van der Waals surface area contributed by atoms with Crippen molar-refractivity contribution in [2.75, 3.05) is 0 Å². The highest BCUT2D eigenvalue weighted by Gasteiger charge is 2.34. The summed E-state index contributed by atoms with van der Waals surface area (Å²) >= 11 is 35.7. The molecule has 0 saturated carbocycles. The van der Waals surface area contributed by atoms with E-state index in [0.717, 1.165) is 16.7 Å². The number of halogens is 6. The third-order valence-corrected chi connectivity index (χ3v) is 5.24. The molecule has 2 aromatic carbocycles. The standard InChI is InChI=1S/C21H14Cl6N4O2/c1-11(31-33-12(2)32)15-5-3-4-6-16(15)13-7-9-14(10-8-13)17-28-18(20(22,23)24)30-19(29-17)21(25,26)27/h3-10H,1-2H3/b31-11-. The Kier molecular flexibility index (Phi) is 8.10. The molecule has 0 bridgehead atoms. The van der Waals surface area contributed by atoms with Crippen LogP contribution in [0.4, 0.5) is 0 Å². The Morgan fingerprint density at radius 1 is 0.788 bits per heavy atom. The van der Waals surface area contributed by atoms with Crippen LogP contribution < -0.4 is 0 Å². The Morgan fingerprint density at radius 2 is 1.30 bits per heavy atom. The summed E-state index contributed by atoms with van der Waals surface area (Å²) in [5.41, 5.74) is 3.65. The zero-order valence-corrected chi connectivity index (χ0v) is 21.5. The number of alkyl halides is 6. The van der Waals surface area contributed by atoms with E-state index in [1.54, 1.807) is 19.1 Å². The molecule has 0 spiro atoms. The van der Waals surface area contributed by atoms with Crippen molar-refractivity contribution in [2.24, 2.45) is 5.16 Å². The molecular weight excluding hydrogens is 553 g/mol. The lowest BCUT2D eigenvalue weighted by atomic mass is 9.96. The molecule has 0 unspecified atom stereocenters. The van der Waals surface area contributed by atoms with Gasteiger partial charge in [-0.2, -0.15) is 0 Å². The Hall–Kier alpha value is -1.67. The van der Waals surface area contributed by atoms with Crippen LogP contribution in [0.2, 0.25) is 0 Å². The Labute approximate surface area is 219 Å². The lowest BCUT2D eigenvalue weighted by Gasteiger charge is -2.16. The minimum Gasteiger partial charge on any atom is -0.318 e. The van der Waals surface area contributed by atoms with Crippen LogP contribution in [0.15, 0.2) is 53.7 Å². The Balaban J connectivity index is 2.03. The summed E-state index contributed by atoms with van der Waals surface area (Å²) in [5, 5.41) is 3.88. The zero-order chi connectivity index (χ0) is 24.4. The number of hydrogen-bond acceptors (Lipinski definition) is 6. The lowest BCUT2D eigenvalue weighted by Crippen LogP contribution is -2.16. The maximum absolute atomic E-state index is 11.1. The Bertz CT molecular complexity index is 1170. The SMILES string of the molecule is CC(=O)O/N=C(/C)c1ccccc1-c1ccc(-c2nc(C(Cl)(Cl)Cl)nc(C(Cl)(Cl)Cl)n2)cc1. The predicted octanol–water partition coefficient (Wildman–Crippen LogP) is 7.15. The number of carbonyl (C=O) groups excluding carboxylic acids is 1. The minimum atomic E-state index is -1.94. The van der Waals surface area contributed by atoms with Crippen LogP contribution in [0.1, 0.15) is 31.1 Å². The van der Waals surface area contributed by atoms with Gasteiger partial charge in [-0.1, -0.05) is 123 Å². The fourth-order valence-electron chi connectivity index (χ4n) is 2.79. The fraction of sp³-hybridized carbons (Fsp3) is 0.190. The van der Waals surface area contributed by atoms with Crippen molar-refractivity contribution in [3.8, 4) is 22.5 Å². The van der Waals surface area contributed by atoms with E-state index < -0.39 is 13.6 Å². The number of aromatic nitrogens is 3. The van der Waals surface area contributed by atoms with E-state index >= 15 is 0 Å². The van der Waals surface area contributed by atoms with Gasteiger partial charge in [-0.05, 0) is 18.1 Å². The van der Waals surface area contributed by atoms with E-state index in [2.05, 4.69) is 20.1 Å². The van der Waals surface area contributed by atoms with Crippen LogP contribution in [0, 0.1) is 0 Å². The maximum atomic E-state index is 11.1. The molecule has 33 heavy (non-hydrogen) atoms. The average Bonchev–Trinajstić information content (AvgIpc) is 2.76. The summed E-state index contributed by atoms with van der Waals surface area (Å²) in [4.78, 5) is 28.2. The van der Waals surface area contributed by atoms with Crippen LogP contribution in [-0.4, -0.2) is 26.6 Å². The van der Waals surface area contributed by atoms with Crippen molar-refractivity contribution in [1.29, 1.82) is 0 Å². The molecule has 0 N–H and O–H groups in total. The summed E-state index contributed by atoms with van der Waals surface area (Å²) in [6.07, 6.45) is 0. The first-order valence-electron chi connectivity index (χ1n) is 9.19. The molecule has 0 saturated heterocycles. The van der Waals surface area contributed by atoms with Gasteiger partial charge < -0.3 is 4.84 Å². The fourth-order valence-corrected chi connectivity index (χ4v) is 3.30. The third kappa shape index (κ3) is 6.69. The van der Waals surface area contributed by atoms with Crippen LogP contribution in [0.5, 0.6) is 0 Å². The number of oxime groups is 1. The molecule has 12 heteroatoms. The first kappa shape index (κ1) is 25.9. The molecule has 0 amide bonds. The van der Waals surface area contributed by atoms with Gasteiger partial charge in [0.2, 0.25) is 7.59 Å². The van der Waals surface area contributed by atoms with Crippen molar-refractivity contribution in [3.63, 3.8) is 0 Å². The number of rotatable bonds is 4. The first-order chi connectivity index (χ1) is 15.4. The molecule has 3 aromatic rings. The van der Waals surface area contributed by atoms with Crippen molar-refractivity contribution in [2.45, 2.75) is 21.4 Å². The highest BCUT2D eigenvalue weighted by atomic mass is 35.6. The van der Waals surface area contributed by atoms with Crippen molar-refractivity contribution in [1.82, 2.24) is 15.0 Å². The molecule has 3 rings (SSSR count). The monoisotopic (exact) mass is 564 g/mol. The van der Waals surface area contributed by atoms with Gasteiger partial charge in [-0.3, -0.25) is 0 Å².